The van der Waals surface area contributed by atoms with E-state index < -0.39 is 9.84 Å². The van der Waals surface area contributed by atoms with Crippen molar-refractivity contribution >= 4 is 9.84 Å². The highest BCUT2D eigenvalue weighted by molar-refractivity contribution is 7.90. The zero-order valence-corrected chi connectivity index (χ0v) is 11.0. The molecule has 0 aliphatic heterocycles. The molecule has 1 N–H and O–H groups in total. The Hall–Kier alpha value is -0.390. The fraction of sp³-hybridized carbons (Fsp3) is 0.818. The lowest BCUT2D eigenvalue weighted by atomic mass is 10.3. The molecule has 0 spiro atoms. The van der Waals surface area contributed by atoms with Gasteiger partial charge < -0.3 is 10.2 Å². The highest BCUT2D eigenvalue weighted by Gasteiger charge is 2.20. The molecule has 0 unspecified atom stereocenters. The van der Waals surface area contributed by atoms with Gasteiger partial charge in [0, 0.05) is 31.9 Å². The maximum atomic E-state index is 11.0. The SMILES string of the molecule is C=C(CNC1CC1)CN(C)CCS(C)(=O)=O. The van der Waals surface area contributed by atoms with Gasteiger partial charge in [-0.2, -0.15) is 0 Å². The molecule has 0 atom stereocenters. The molecule has 0 aromatic carbocycles. The third kappa shape index (κ3) is 6.98. The zero-order valence-electron chi connectivity index (χ0n) is 10.2. The van der Waals surface area contributed by atoms with E-state index in [1.165, 1.54) is 19.1 Å². The van der Waals surface area contributed by atoms with Crippen molar-refractivity contribution in [3.63, 3.8) is 0 Å². The van der Waals surface area contributed by atoms with Crippen molar-refractivity contribution in [1.29, 1.82) is 0 Å². The maximum absolute atomic E-state index is 11.0. The minimum absolute atomic E-state index is 0.215. The topological polar surface area (TPSA) is 49.4 Å². The summed E-state index contributed by atoms with van der Waals surface area (Å²) in [5, 5.41) is 3.39. The van der Waals surface area contributed by atoms with Crippen LogP contribution in [-0.2, 0) is 9.84 Å². The Morgan fingerprint density at radius 1 is 1.50 bits per heavy atom. The van der Waals surface area contributed by atoms with Crippen LogP contribution in [0.1, 0.15) is 12.8 Å². The van der Waals surface area contributed by atoms with Crippen LogP contribution < -0.4 is 5.32 Å². The second-order valence-corrected chi connectivity index (χ2v) is 7.03. The predicted octanol–water partition coefficient (Wildman–Crippen LogP) is 0.271. The number of rotatable bonds is 8. The second-order valence-electron chi connectivity index (χ2n) is 4.77. The molecule has 4 nitrogen and oxygen atoms in total. The zero-order chi connectivity index (χ0) is 12.2. The summed E-state index contributed by atoms with van der Waals surface area (Å²) in [6.45, 7) is 6.16. The van der Waals surface area contributed by atoms with Crippen molar-refractivity contribution in [1.82, 2.24) is 10.2 Å². The molecule has 1 fully saturated rings. The van der Waals surface area contributed by atoms with Gasteiger partial charge in [0.1, 0.15) is 9.84 Å². The van der Waals surface area contributed by atoms with E-state index in [9.17, 15) is 8.42 Å². The number of hydrogen-bond acceptors (Lipinski definition) is 4. The smallest absolute Gasteiger partial charge is 0.148 e. The van der Waals surface area contributed by atoms with E-state index in [0.29, 0.717) is 12.6 Å². The lowest BCUT2D eigenvalue weighted by Crippen LogP contribution is -2.30. The van der Waals surface area contributed by atoms with Crippen LogP contribution in [0.5, 0.6) is 0 Å². The quantitative estimate of drug-likeness (QED) is 0.625. The Bertz CT molecular complexity index is 334. The Balaban J connectivity index is 2.11. The molecule has 0 radical (unpaired) electrons. The first-order valence-electron chi connectivity index (χ1n) is 5.63. The Labute approximate surface area is 98.6 Å². The van der Waals surface area contributed by atoms with Gasteiger partial charge in [0.15, 0.2) is 0 Å². The number of nitrogens with zero attached hydrogens (tertiary/aromatic N) is 1. The molecule has 1 saturated carbocycles. The summed E-state index contributed by atoms with van der Waals surface area (Å²) in [6, 6.07) is 0.693. The van der Waals surface area contributed by atoms with E-state index in [-0.39, 0.29) is 5.75 Å². The highest BCUT2D eigenvalue weighted by Crippen LogP contribution is 2.18. The van der Waals surface area contributed by atoms with Crippen molar-refractivity contribution in [3.8, 4) is 0 Å². The van der Waals surface area contributed by atoms with E-state index in [0.717, 1.165) is 18.7 Å². The van der Waals surface area contributed by atoms with E-state index >= 15 is 0 Å². The minimum Gasteiger partial charge on any atom is -0.310 e. The summed E-state index contributed by atoms with van der Waals surface area (Å²) in [5.41, 5.74) is 1.11. The summed E-state index contributed by atoms with van der Waals surface area (Å²) in [4.78, 5) is 2.00. The van der Waals surface area contributed by atoms with Crippen LogP contribution in [0.25, 0.3) is 0 Å². The molecule has 16 heavy (non-hydrogen) atoms. The molecule has 0 aromatic heterocycles. The summed E-state index contributed by atoms with van der Waals surface area (Å²) in [6.07, 6.45) is 3.82. The molecule has 1 aliphatic carbocycles. The molecule has 0 amide bonds. The largest absolute Gasteiger partial charge is 0.310 e. The summed E-state index contributed by atoms with van der Waals surface area (Å²) in [5.74, 6) is 0.215. The van der Waals surface area contributed by atoms with Crippen molar-refractivity contribution in [2.75, 3.05) is 38.7 Å². The van der Waals surface area contributed by atoms with E-state index in [4.69, 9.17) is 0 Å². The van der Waals surface area contributed by atoms with E-state index in [2.05, 4.69) is 11.9 Å². The van der Waals surface area contributed by atoms with Crippen molar-refractivity contribution in [3.05, 3.63) is 12.2 Å². The Kier molecular flexibility index (Phi) is 4.95. The van der Waals surface area contributed by atoms with E-state index in [1.54, 1.807) is 0 Å². The average Bonchev–Trinajstić information content (AvgIpc) is 2.94. The first kappa shape index (κ1) is 13.7. The first-order chi connectivity index (χ1) is 7.37. The fourth-order valence-corrected chi connectivity index (χ4v) is 2.06. The summed E-state index contributed by atoms with van der Waals surface area (Å²) in [7, 11) is -0.934. The lowest BCUT2D eigenvalue weighted by Gasteiger charge is -2.17. The molecule has 0 aromatic rings. The first-order valence-corrected chi connectivity index (χ1v) is 7.69. The van der Waals surface area contributed by atoms with Gasteiger partial charge in [-0.1, -0.05) is 6.58 Å². The summed E-state index contributed by atoms with van der Waals surface area (Å²) >= 11 is 0. The molecular weight excluding hydrogens is 224 g/mol. The normalized spacial score (nSPS) is 16.7. The van der Waals surface area contributed by atoms with Gasteiger partial charge in [-0.15, -0.1) is 0 Å². The van der Waals surface area contributed by atoms with Crippen molar-refractivity contribution < 1.29 is 8.42 Å². The summed E-state index contributed by atoms with van der Waals surface area (Å²) < 4.78 is 22.0. The predicted molar refractivity (Wildman–Crippen MR) is 67.4 cm³/mol. The lowest BCUT2D eigenvalue weighted by molar-refractivity contribution is 0.380. The molecule has 0 heterocycles. The van der Waals surface area contributed by atoms with Gasteiger partial charge in [0.05, 0.1) is 5.75 Å². The van der Waals surface area contributed by atoms with Gasteiger partial charge >= 0.3 is 0 Å². The van der Waals surface area contributed by atoms with Crippen molar-refractivity contribution in [2.45, 2.75) is 18.9 Å². The maximum Gasteiger partial charge on any atom is 0.148 e. The van der Waals surface area contributed by atoms with E-state index in [1.807, 2.05) is 11.9 Å². The number of likely N-dealkylation sites (N-methyl/N-ethyl adjacent to an activating group) is 1. The molecule has 1 aliphatic rings. The van der Waals surface area contributed by atoms with Crippen LogP contribution in [0, 0.1) is 0 Å². The van der Waals surface area contributed by atoms with Gasteiger partial charge in [0.2, 0.25) is 0 Å². The second kappa shape index (κ2) is 5.80. The number of nitrogens with one attached hydrogen (secondary N) is 1. The monoisotopic (exact) mass is 246 g/mol. The molecular formula is C11H22N2O2S. The minimum atomic E-state index is -2.86. The molecule has 0 saturated heterocycles. The number of sulfone groups is 1. The molecule has 0 bridgehead atoms. The number of hydrogen-bond donors (Lipinski definition) is 1. The van der Waals surface area contributed by atoms with Gasteiger partial charge in [0.25, 0.3) is 0 Å². The third-order valence-electron chi connectivity index (χ3n) is 2.56. The van der Waals surface area contributed by atoms with Crippen LogP contribution in [0.2, 0.25) is 0 Å². The standard InChI is InChI=1S/C11H22N2O2S/c1-10(8-12-11-4-5-11)9-13(2)6-7-16(3,14)15/h11-12H,1,4-9H2,2-3H3. The Morgan fingerprint density at radius 3 is 2.62 bits per heavy atom. The fourth-order valence-electron chi connectivity index (χ4n) is 1.41. The van der Waals surface area contributed by atoms with Crippen LogP contribution in [0.15, 0.2) is 12.2 Å². The van der Waals surface area contributed by atoms with Crippen LogP contribution in [0.4, 0.5) is 0 Å². The van der Waals surface area contributed by atoms with Gasteiger partial charge in [-0.3, -0.25) is 0 Å². The van der Waals surface area contributed by atoms with Crippen LogP contribution >= 0.6 is 0 Å². The molecule has 5 heteroatoms. The van der Waals surface area contributed by atoms with Gasteiger partial charge in [-0.05, 0) is 25.5 Å². The Morgan fingerprint density at radius 2 is 2.12 bits per heavy atom. The third-order valence-corrected chi connectivity index (χ3v) is 3.48. The molecule has 94 valence electrons. The van der Waals surface area contributed by atoms with Crippen LogP contribution in [0.3, 0.4) is 0 Å². The molecule has 1 rings (SSSR count). The average molecular weight is 246 g/mol. The van der Waals surface area contributed by atoms with Crippen molar-refractivity contribution in [2.24, 2.45) is 0 Å². The highest BCUT2D eigenvalue weighted by atomic mass is 32.2. The van der Waals surface area contributed by atoms with Gasteiger partial charge in [-0.25, -0.2) is 8.42 Å². The van der Waals surface area contributed by atoms with Crippen LogP contribution in [-0.4, -0.2) is 58.1 Å².